The Morgan fingerprint density at radius 3 is 2.30 bits per heavy atom. The Kier molecular flexibility index (Phi) is 6.36. The molecule has 0 unspecified atom stereocenters. The van der Waals surface area contributed by atoms with Crippen LogP contribution < -0.4 is 10.6 Å². The summed E-state index contributed by atoms with van der Waals surface area (Å²) in [5.74, 6) is -0.449. The van der Waals surface area contributed by atoms with Crippen LogP contribution in [0.2, 0.25) is 0 Å². The molecule has 0 aliphatic heterocycles. The summed E-state index contributed by atoms with van der Waals surface area (Å²) < 4.78 is 1.92. The number of rotatable bonds is 6. The molecule has 3 aromatic carbocycles. The van der Waals surface area contributed by atoms with Crippen LogP contribution in [0.4, 0.5) is 11.4 Å². The van der Waals surface area contributed by atoms with Crippen molar-refractivity contribution in [2.24, 2.45) is 0 Å². The first-order valence-electron chi connectivity index (χ1n) is 10.8. The monoisotopic (exact) mass is 438 g/mol. The first kappa shape index (κ1) is 22.0. The summed E-state index contributed by atoms with van der Waals surface area (Å²) in [5.41, 5.74) is 6.11. The number of hydrogen-bond acceptors (Lipinski definition) is 3. The van der Waals surface area contributed by atoms with Gasteiger partial charge in [0.1, 0.15) is 0 Å². The Balaban J connectivity index is 1.50. The number of carbonyl (C=O) groups is 2. The third-order valence-electron chi connectivity index (χ3n) is 5.48. The molecule has 33 heavy (non-hydrogen) atoms. The first-order chi connectivity index (χ1) is 15.9. The Bertz CT molecular complexity index is 1310. The smallest absolute Gasteiger partial charge is 0.256 e. The molecule has 166 valence electrons. The van der Waals surface area contributed by atoms with E-state index < -0.39 is 0 Å². The van der Waals surface area contributed by atoms with Crippen molar-refractivity contribution in [3.8, 4) is 0 Å². The standard InChI is InChI=1S/C27H26N4O2/c1-18-15-19(2)31(30-18)17-21-9-7-10-22(16-21)26(32)29-25-14-8-13-24(20(25)3)27(33)28-23-11-5-4-6-12-23/h4-16H,17H2,1-3H3,(H,28,33)(H,29,32). The first-order valence-corrected chi connectivity index (χ1v) is 10.8. The van der Waals surface area contributed by atoms with E-state index in [1.54, 1.807) is 24.3 Å². The molecule has 6 nitrogen and oxygen atoms in total. The summed E-state index contributed by atoms with van der Waals surface area (Å²) in [6, 6.07) is 24.1. The molecule has 0 aliphatic rings. The van der Waals surface area contributed by atoms with Crippen molar-refractivity contribution in [2.45, 2.75) is 27.3 Å². The number of benzene rings is 3. The zero-order chi connectivity index (χ0) is 23.4. The van der Waals surface area contributed by atoms with E-state index in [-0.39, 0.29) is 11.8 Å². The van der Waals surface area contributed by atoms with Gasteiger partial charge >= 0.3 is 0 Å². The molecule has 0 fully saturated rings. The molecule has 0 radical (unpaired) electrons. The quantitative estimate of drug-likeness (QED) is 0.425. The normalized spacial score (nSPS) is 10.6. The molecule has 1 heterocycles. The minimum Gasteiger partial charge on any atom is -0.322 e. The van der Waals surface area contributed by atoms with Crippen LogP contribution in [0.25, 0.3) is 0 Å². The Labute approximate surface area is 193 Å². The lowest BCUT2D eigenvalue weighted by Gasteiger charge is -2.13. The van der Waals surface area contributed by atoms with Gasteiger partial charge in [-0.05, 0) is 74.4 Å². The summed E-state index contributed by atoms with van der Waals surface area (Å²) in [4.78, 5) is 25.7. The SMILES string of the molecule is Cc1cc(C)n(Cc2cccc(C(=O)Nc3cccc(C(=O)Nc4ccccc4)c3C)c2)n1. The lowest BCUT2D eigenvalue weighted by molar-refractivity contribution is 0.101. The summed E-state index contributed by atoms with van der Waals surface area (Å²) in [5, 5.41) is 10.3. The molecule has 4 rings (SSSR count). The molecule has 4 aromatic rings. The van der Waals surface area contributed by atoms with Gasteiger partial charge in [0.2, 0.25) is 0 Å². The van der Waals surface area contributed by atoms with Crippen molar-refractivity contribution in [2.75, 3.05) is 10.6 Å². The second kappa shape index (κ2) is 9.53. The molecule has 0 saturated heterocycles. The predicted molar refractivity (Wildman–Crippen MR) is 131 cm³/mol. The third-order valence-corrected chi connectivity index (χ3v) is 5.48. The van der Waals surface area contributed by atoms with E-state index in [1.165, 1.54) is 0 Å². The number of hydrogen-bond donors (Lipinski definition) is 2. The van der Waals surface area contributed by atoms with E-state index in [9.17, 15) is 9.59 Å². The van der Waals surface area contributed by atoms with Crippen molar-refractivity contribution in [1.82, 2.24) is 9.78 Å². The Morgan fingerprint density at radius 2 is 1.58 bits per heavy atom. The van der Waals surface area contributed by atoms with Gasteiger partial charge in [0.25, 0.3) is 11.8 Å². The largest absolute Gasteiger partial charge is 0.322 e. The van der Waals surface area contributed by atoms with Gasteiger partial charge < -0.3 is 10.6 Å². The Morgan fingerprint density at radius 1 is 0.818 bits per heavy atom. The molecule has 0 aliphatic carbocycles. The molecular weight excluding hydrogens is 412 g/mol. The zero-order valence-electron chi connectivity index (χ0n) is 18.9. The van der Waals surface area contributed by atoms with Crippen LogP contribution in [-0.4, -0.2) is 21.6 Å². The fourth-order valence-corrected chi connectivity index (χ4v) is 3.75. The number of aromatic nitrogens is 2. The van der Waals surface area contributed by atoms with Crippen molar-refractivity contribution >= 4 is 23.2 Å². The van der Waals surface area contributed by atoms with Gasteiger partial charge in [-0.25, -0.2) is 0 Å². The number of nitrogens with zero attached hydrogens (tertiary/aromatic N) is 2. The number of nitrogens with one attached hydrogen (secondary N) is 2. The van der Waals surface area contributed by atoms with Gasteiger partial charge in [-0.3, -0.25) is 14.3 Å². The van der Waals surface area contributed by atoms with E-state index in [0.717, 1.165) is 22.6 Å². The molecule has 0 bridgehead atoms. The molecule has 2 amide bonds. The minimum absolute atomic E-state index is 0.221. The average Bonchev–Trinajstić information content (AvgIpc) is 3.12. The predicted octanol–water partition coefficient (Wildman–Crippen LogP) is 5.36. The fourth-order valence-electron chi connectivity index (χ4n) is 3.75. The summed E-state index contributed by atoms with van der Waals surface area (Å²) >= 11 is 0. The highest BCUT2D eigenvalue weighted by Crippen LogP contribution is 2.21. The van der Waals surface area contributed by atoms with Crippen LogP contribution in [0.1, 0.15) is 43.2 Å². The van der Waals surface area contributed by atoms with Crippen molar-refractivity contribution < 1.29 is 9.59 Å². The molecule has 0 spiro atoms. The summed E-state index contributed by atoms with van der Waals surface area (Å²) in [6.45, 7) is 6.40. The average molecular weight is 439 g/mol. The van der Waals surface area contributed by atoms with E-state index >= 15 is 0 Å². The highest BCUT2D eigenvalue weighted by Gasteiger charge is 2.15. The van der Waals surface area contributed by atoms with E-state index in [0.29, 0.717) is 28.9 Å². The van der Waals surface area contributed by atoms with Gasteiger partial charge in [0.05, 0.1) is 12.2 Å². The zero-order valence-corrected chi connectivity index (χ0v) is 18.9. The number of carbonyl (C=O) groups excluding carboxylic acids is 2. The maximum atomic E-state index is 13.0. The maximum absolute atomic E-state index is 13.0. The molecule has 2 N–H and O–H groups in total. The van der Waals surface area contributed by atoms with Crippen LogP contribution >= 0.6 is 0 Å². The Hall–Kier alpha value is -4.19. The second-order valence-corrected chi connectivity index (χ2v) is 8.04. The molecule has 1 aromatic heterocycles. The lowest BCUT2D eigenvalue weighted by Crippen LogP contribution is -2.17. The van der Waals surface area contributed by atoms with Gasteiger partial charge in [-0.1, -0.05) is 36.4 Å². The topological polar surface area (TPSA) is 76.0 Å². The van der Waals surface area contributed by atoms with E-state index in [4.69, 9.17) is 0 Å². The summed E-state index contributed by atoms with van der Waals surface area (Å²) in [7, 11) is 0. The van der Waals surface area contributed by atoms with Gasteiger partial charge in [-0.2, -0.15) is 5.10 Å². The highest BCUT2D eigenvalue weighted by atomic mass is 16.2. The molecule has 6 heteroatoms. The van der Waals surface area contributed by atoms with Gasteiger partial charge in [0.15, 0.2) is 0 Å². The van der Waals surface area contributed by atoms with E-state index in [1.807, 2.05) is 80.1 Å². The van der Waals surface area contributed by atoms with E-state index in [2.05, 4.69) is 15.7 Å². The fraction of sp³-hybridized carbons (Fsp3) is 0.148. The highest BCUT2D eigenvalue weighted by molar-refractivity contribution is 6.08. The van der Waals surface area contributed by atoms with Crippen LogP contribution in [0.5, 0.6) is 0 Å². The molecule has 0 saturated carbocycles. The second-order valence-electron chi connectivity index (χ2n) is 8.04. The molecular formula is C27H26N4O2. The van der Waals surface area contributed by atoms with Gasteiger partial charge in [0, 0.05) is 28.2 Å². The molecule has 0 atom stereocenters. The van der Waals surface area contributed by atoms with Crippen molar-refractivity contribution in [3.05, 3.63) is 113 Å². The third kappa shape index (κ3) is 5.18. The maximum Gasteiger partial charge on any atom is 0.256 e. The van der Waals surface area contributed by atoms with Crippen molar-refractivity contribution in [3.63, 3.8) is 0 Å². The van der Waals surface area contributed by atoms with Crippen LogP contribution in [0.3, 0.4) is 0 Å². The minimum atomic E-state index is -0.228. The lowest BCUT2D eigenvalue weighted by atomic mass is 10.0. The summed E-state index contributed by atoms with van der Waals surface area (Å²) in [6.07, 6.45) is 0. The van der Waals surface area contributed by atoms with Crippen LogP contribution in [0, 0.1) is 20.8 Å². The number of amides is 2. The number of aryl methyl sites for hydroxylation is 2. The number of anilines is 2. The van der Waals surface area contributed by atoms with Crippen molar-refractivity contribution in [1.29, 1.82) is 0 Å². The van der Waals surface area contributed by atoms with Gasteiger partial charge in [-0.15, -0.1) is 0 Å². The van der Waals surface area contributed by atoms with Crippen LogP contribution in [0.15, 0.2) is 78.9 Å². The van der Waals surface area contributed by atoms with Crippen LogP contribution in [-0.2, 0) is 6.54 Å². The number of para-hydroxylation sites is 1.